The van der Waals surface area contributed by atoms with E-state index in [0.29, 0.717) is 28.4 Å². The molecule has 0 aliphatic rings. The maximum Gasteiger partial charge on any atom is 0.237 e. The van der Waals surface area contributed by atoms with Gasteiger partial charge < -0.3 is 4.52 Å². The summed E-state index contributed by atoms with van der Waals surface area (Å²) in [6.45, 7) is 2.04. The Balaban J connectivity index is 1.44. The number of nitrogens with one attached hydrogen (secondary N) is 1. The first-order valence-electron chi connectivity index (χ1n) is 7.89. The molecule has 0 aliphatic carbocycles. The van der Waals surface area contributed by atoms with Gasteiger partial charge in [0.05, 0.1) is 5.75 Å². The molecule has 26 heavy (non-hydrogen) atoms. The summed E-state index contributed by atoms with van der Waals surface area (Å²) in [7, 11) is 0. The van der Waals surface area contributed by atoms with Gasteiger partial charge in [-0.05, 0) is 13.0 Å². The molecule has 0 spiro atoms. The summed E-state index contributed by atoms with van der Waals surface area (Å²) in [5.41, 5.74) is 3.09. The zero-order valence-corrected chi connectivity index (χ0v) is 16.2. The molecule has 4 rings (SSSR count). The van der Waals surface area contributed by atoms with Crippen LogP contribution >= 0.6 is 27.7 Å². The SMILES string of the molecule is Cc1ccc(-c2noc(CSc3n[nH]c(-c4ccccc4Br)n3)n2)cc1. The molecule has 0 bridgehead atoms. The molecule has 0 aliphatic heterocycles. The van der Waals surface area contributed by atoms with E-state index in [1.165, 1.54) is 17.3 Å². The maximum absolute atomic E-state index is 5.33. The monoisotopic (exact) mass is 427 g/mol. The average Bonchev–Trinajstić information content (AvgIpc) is 3.30. The van der Waals surface area contributed by atoms with Crippen molar-refractivity contribution in [3.63, 3.8) is 0 Å². The van der Waals surface area contributed by atoms with Crippen LogP contribution in [0.2, 0.25) is 0 Å². The molecule has 6 nitrogen and oxygen atoms in total. The minimum atomic E-state index is 0.506. The van der Waals surface area contributed by atoms with Gasteiger partial charge in [0.25, 0.3) is 0 Å². The Morgan fingerprint density at radius 1 is 1.08 bits per heavy atom. The Morgan fingerprint density at radius 3 is 2.69 bits per heavy atom. The number of rotatable bonds is 5. The largest absolute Gasteiger partial charge is 0.338 e. The van der Waals surface area contributed by atoms with Gasteiger partial charge in [-0.25, -0.2) is 4.98 Å². The third-order valence-corrected chi connectivity index (χ3v) is 5.22. The van der Waals surface area contributed by atoms with Gasteiger partial charge in [0, 0.05) is 15.6 Å². The van der Waals surface area contributed by atoms with Gasteiger partial charge in [0.1, 0.15) is 0 Å². The highest BCUT2D eigenvalue weighted by Gasteiger charge is 2.12. The van der Waals surface area contributed by atoms with Gasteiger partial charge in [-0.2, -0.15) is 4.98 Å². The number of aromatic amines is 1. The lowest BCUT2D eigenvalue weighted by Gasteiger charge is -1.98. The first kappa shape index (κ1) is 17.0. The lowest BCUT2D eigenvalue weighted by molar-refractivity contribution is 0.391. The zero-order chi connectivity index (χ0) is 17.9. The van der Waals surface area contributed by atoms with E-state index in [1.807, 2.05) is 55.5 Å². The second-order valence-electron chi connectivity index (χ2n) is 5.61. The van der Waals surface area contributed by atoms with Gasteiger partial charge in [-0.15, -0.1) is 5.10 Å². The molecule has 2 heterocycles. The van der Waals surface area contributed by atoms with Crippen LogP contribution in [0.3, 0.4) is 0 Å². The Bertz CT molecular complexity index is 1030. The molecule has 4 aromatic rings. The van der Waals surface area contributed by atoms with E-state index in [9.17, 15) is 0 Å². The predicted molar refractivity (Wildman–Crippen MR) is 104 cm³/mol. The topological polar surface area (TPSA) is 80.5 Å². The summed E-state index contributed by atoms with van der Waals surface area (Å²) < 4.78 is 6.29. The smallest absolute Gasteiger partial charge is 0.237 e. The molecule has 0 amide bonds. The van der Waals surface area contributed by atoms with E-state index in [2.05, 4.69) is 41.3 Å². The maximum atomic E-state index is 5.33. The first-order valence-corrected chi connectivity index (χ1v) is 9.66. The van der Waals surface area contributed by atoms with E-state index in [0.717, 1.165) is 15.6 Å². The third kappa shape index (κ3) is 3.71. The Labute approximate surface area is 162 Å². The van der Waals surface area contributed by atoms with Crippen molar-refractivity contribution in [2.24, 2.45) is 0 Å². The summed E-state index contributed by atoms with van der Waals surface area (Å²) in [5, 5.41) is 11.9. The zero-order valence-electron chi connectivity index (χ0n) is 13.8. The molecule has 0 radical (unpaired) electrons. The second kappa shape index (κ2) is 7.43. The number of hydrogen-bond acceptors (Lipinski definition) is 6. The summed E-state index contributed by atoms with van der Waals surface area (Å²) in [6, 6.07) is 15.9. The van der Waals surface area contributed by atoms with E-state index in [-0.39, 0.29) is 0 Å². The summed E-state index contributed by atoms with van der Waals surface area (Å²) in [6.07, 6.45) is 0. The van der Waals surface area contributed by atoms with E-state index in [4.69, 9.17) is 4.52 Å². The van der Waals surface area contributed by atoms with E-state index >= 15 is 0 Å². The van der Waals surface area contributed by atoms with Gasteiger partial charge in [-0.1, -0.05) is 80.9 Å². The average molecular weight is 428 g/mol. The second-order valence-corrected chi connectivity index (χ2v) is 7.41. The quantitative estimate of drug-likeness (QED) is 0.456. The molecule has 1 N–H and O–H groups in total. The van der Waals surface area contributed by atoms with Gasteiger partial charge in [-0.3, -0.25) is 5.10 Å². The van der Waals surface area contributed by atoms with E-state index < -0.39 is 0 Å². The predicted octanol–water partition coefficient (Wildman–Crippen LogP) is 4.88. The van der Waals surface area contributed by atoms with Crippen molar-refractivity contribution in [3.8, 4) is 22.8 Å². The van der Waals surface area contributed by atoms with Crippen LogP contribution in [0.25, 0.3) is 22.8 Å². The lowest BCUT2D eigenvalue weighted by Crippen LogP contribution is -1.84. The minimum absolute atomic E-state index is 0.506. The standard InChI is InChI=1S/C18H14BrN5OS/c1-11-6-8-12(9-7-11)16-20-15(25-24-16)10-26-18-21-17(22-23-18)13-4-2-3-5-14(13)19/h2-9H,10H2,1H3,(H,21,22,23). The summed E-state index contributed by atoms with van der Waals surface area (Å²) >= 11 is 4.96. The molecule has 2 aromatic heterocycles. The lowest BCUT2D eigenvalue weighted by atomic mass is 10.1. The minimum Gasteiger partial charge on any atom is -0.338 e. The number of aryl methyl sites for hydroxylation is 1. The Morgan fingerprint density at radius 2 is 1.88 bits per heavy atom. The van der Waals surface area contributed by atoms with Crippen molar-refractivity contribution < 1.29 is 4.52 Å². The number of halogens is 1. The number of aromatic nitrogens is 5. The van der Waals surface area contributed by atoms with E-state index in [1.54, 1.807) is 0 Å². The highest BCUT2D eigenvalue weighted by molar-refractivity contribution is 9.10. The van der Waals surface area contributed by atoms with Gasteiger partial charge in [0.15, 0.2) is 5.82 Å². The van der Waals surface area contributed by atoms with Crippen molar-refractivity contribution in [2.45, 2.75) is 17.8 Å². The molecule has 0 unspecified atom stereocenters. The van der Waals surface area contributed by atoms with Gasteiger partial charge >= 0.3 is 0 Å². The first-order chi connectivity index (χ1) is 12.7. The third-order valence-electron chi connectivity index (χ3n) is 3.70. The molecule has 2 aromatic carbocycles. The van der Waals surface area contributed by atoms with Crippen LogP contribution in [-0.2, 0) is 5.75 Å². The fourth-order valence-electron chi connectivity index (χ4n) is 2.34. The van der Waals surface area contributed by atoms with Crippen LogP contribution in [0.1, 0.15) is 11.5 Å². The normalized spacial score (nSPS) is 11.0. The summed E-state index contributed by atoms with van der Waals surface area (Å²) in [5.74, 6) is 2.35. The summed E-state index contributed by atoms with van der Waals surface area (Å²) in [4.78, 5) is 8.94. The number of benzene rings is 2. The molecular weight excluding hydrogens is 414 g/mol. The van der Waals surface area contributed by atoms with Crippen molar-refractivity contribution in [3.05, 3.63) is 64.5 Å². The van der Waals surface area contributed by atoms with Crippen LogP contribution < -0.4 is 0 Å². The van der Waals surface area contributed by atoms with Crippen molar-refractivity contribution in [1.29, 1.82) is 0 Å². The van der Waals surface area contributed by atoms with Crippen LogP contribution in [0.5, 0.6) is 0 Å². The fourth-order valence-corrected chi connectivity index (χ4v) is 3.45. The van der Waals surface area contributed by atoms with Crippen LogP contribution in [0, 0.1) is 6.92 Å². The Hall–Kier alpha value is -2.45. The van der Waals surface area contributed by atoms with Gasteiger partial charge in [0.2, 0.25) is 16.9 Å². The molecular formula is C18H14BrN5OS. The number of thioether (sulfide) groups is 1. The highest BCUT2D eigenvalue weighted by atomic mass is 79.9. The highest BCUT2D eigenvalue weighted by Crippen LogP contribution is 2.27. The Kier molecular flexibility index (Phi) is 4.85. The molecule has 0 saturated heterocycles. The number of nitrogens with zero attached hydrogens (tertiary/aromatic N) is 4. The van der Waals surface area contributed by atoms with Crippen LogP contribution in [0.4, 0.5) is 0 Å². The number of H-pyrrole nitrogens is 1. The molecule has 130 valence electrons. The van der Waals surface area contributed by atoms with Crippen LogP contribution in [-0.4, -0.2) is 25.3 Å². The van der Waals surface area contributed by atoms with Crippen LogP contribution in [0.15, 0.2) is 62.7 Å². The van der Waals surface area contributed by atoms with Crippen molar-refractivity contribution in [1.82, 2.24) is 25.3 Å². The molecule has 8 heteroatoms. The molecule has 0 atom stereocenters. The molecule has 0 saturated carbocycles. The number of hydrogen-bond donors (Lipinski definition) is 1. The van der Waals surface area contributed by atoms with Crippen molar-refractivity contribution >= 4 is 27.7 Å². The van der Waals surface area contributed by atoms with Crippen molar-refractivity contribution in [2.75, 3.05) is 0 Å². The molecule has 0 fully saturated rings. The fraction of sp³-hybridized carbons (Fsp3) is 0.111.